The average Bonchev–Trinajstić information content (AvgIpc) is 3.21. The molecule has 0 aliphatic heterocycles. The Hall–Kier alpha value is -3.68. The molecule has 0 saturated heterocycles. The van der Waals surface area contributed by atoms with Gasteiger partial charge in [0.25, 0.3) is 0 Å². The Labute approximate surface area is 182 Å². The lowest BCUT2D eigenvalue weighted by Crippen LogP contribution is -2.24. The maximum Gasteiger partial charge on any atom is 0.123 e. The minimum atomic E-state index is -0.214. The fourth-order valence-corrected chi connectivity index (χ4v) is 3.82. The molecule has 4 heteroatoms. The van der Waals surface area contributed by atoms with E-state index in [9.17, 15) is 9.65 Å². The lowest BCUT2D eigenvalue weighted by atomic mass is 10.1. The lowest BCUT2D eigenvalue weighted by Gasteiger charge is -2.24. The molecule has 154 valence electrons. The van der Waals surface area contributed by atoms with Gasteiger partial charge >= 0.3 is 0 Å². The van der Waals surface area contributed by atoms with Crippen molar-refractivity contribution in [1.82, 2.24) is 9.47 Å². The van der Waals surface area contributed by atoms with Crippen LogP contribution in [0.5, 0.6) is 0 Å². The van der Waals surface area contributed by atoms with Crippen LogP contribution in [0.15, 0.2) is 97.2 Å². The molecule has 3 nitrogen and oxygen atoms in total. The first-order valence-corrected chi connectivity index (χ1v) is 10.3. The van der Waals surface area contributed by atoms with Crippen LogP contribution in [0.25, 0.3) is 0 Å². The highest BCUT2D eigenvalue weighted by Crippen LogP contribution is 2.17. The average molecular weight is 410 g/mol. The Balaban J connectivity index is 1.56. The molecule has 4 aromatic rings. The van der Waals surface area contributed by atoms with Crippen LogP contribution in [-0.4, -0.2) is 9.47 Å². The number of aromatic nitrogens is 1. The van der Waals surface area contributed by atoms with E-state index >= 15 is 0 Å². The second-order valence-corrected chi connectivity index (χ2v) is 7.70. The van der Waals surface area contributed by atoms with E-state index in [0.717, 1.165) is 36.5 Å². The monoisotopic (exact) mass is 409 g/mol. The van der Waals surface area contributed by atoms with Gasteiger partial charge in [-0.15, -0.1) is 0 Å². The van der Waals surface area contributed by atoms with E-state index in [1.54, 1.807) is 12.1 Å². The first-order valence-electron chi connectivity index (χ1n) is 10.3. The summed E-state index contributed by atoms with van der Waals surface area (Å²) in [6, 6.07) is 31.3. The van der Waals surface area contributed by atoms with Crippen molar-refractivity contribution in [2.45, 2.75) is 26.2 Å². The third-order valence-electron chi connectivity index (χ3n) is 5.26. The van der Waals surface area contributed by atoms with Crippen molar-refractivity contribution in [1.29, 1.82) is 5.26 Å². The highest BCUT2D eigenvalue weighted by atomic mass is 19.1. The molecule has 0 amide bonds. The Morgan fingerprint density at radius 1 is 0.742 bits per heavy atom. The van der Waals surface area contributed by atoms with Gasteiger partial charge in [0.05, 0.1) is 11.6 Å². The zero-order valence-electron chi connectivity index (χ0n) is 17.3. The Kier molecular flexibility index (Phi) is 6.56. The molecule has 0 spiro atoms. The fraction of sp³-hybridized carbons (Fsp3) is 0.148. The number of hydrogen-bond acceptors (Lipinski definition) is 2. The minimum Gasteiger partial charge on any atom is -0.346 e. The summed E-state index contributed by atoms with van der Waals surface area (Å²) in [6.07, 6.45) is 2.04. The van der Waals surface area contributed by atoms with Gasteiger partial charge in [0.15, 0.2) is 0 Å². The molecule has 0 radical (unpaired) electrons. The van der Waals surface area contributed by atoms with Gasteiger partial charge in [0.1, 0.15) is 5.82 Å². The summed E-state index contributed by atoms with van der Waals surface area (Å²) < 4.78 is 15.8. The van der Waals surface area contributed by atoms with Gasteiger partial charge in [-0.25, -0.2) is 4.39 Å². The highest BCUT2D eigenvalue weighted by molar-refractivity contribution is 5.33. The van der Waals surface area contributed by atoms with E-state index in [0.29, 0.717) is 12.1 Å². The van der Waals surface area contributed by atoms with Crippen LogP contribution in [0.2, 0.25) is 0 Å². The molecule has 0 aliphatic carbocycles. The molecular formula is C27H24FN3. The van der Waals surface area contributed by atoms with Crippen molar-refractivity contribution >= 4 is 0 Å². The van der Waals surface area contributed by atoms with E-state index in [1.165, 1.54) is 11.6 Å². The quantitative estimate of drug-likeness (QED) is 0.371. The summed E-state index contributed by atoms with van der Waals surface area (Å²) in [5.74, 6) is -0.214. The molecule has 1 heterocycles. The van der Waals surface area contributed by atoms with E-state index in [-0.39, 0.29) is 5.82 Å². The summed E-state index contributed by atoms with van der Waals surface area (Å²) in [4.78, 5) is 2.36. The van der Waals surface area contributed by atoms with Gasteiger partial charge in [-0.05, 0) is 53.1 Å². The van der Waals surface area contributed by atoms with E-state index in [2.05, 4.69) is 51.9 Å². The molecule has 0 aliphatic rings. The van der Waals surface area contributed by atoms with Crippen LogP contribution in [-0.2, 0) is 26.2 Å². The van der Waals surface area contributed by atoms with Gasteiger partial charge in [0, 0.05) is 38.1 Å². The Bertz CT molecular complexity index is 1170. The predicted octanol–water partition coefficient (Wildman–Crippen LogP) is 5.75. The minimum absolute atomic E-state index is 0.214. The molecular weight excluding hydrogens is 385 g/mol. The van der Waals surface area contributed by atoms with Crippen molar-refractivity contribution in [2.24, 2.45) is 0 Å². The molecule has 0 bridgehead atoms. The molecule has 31 heavy (non-hydrogen) atoms. The number of nitriles is 1. The summed E-state index contributed by atoms with van der Waals surface area (Å²) in [7, 11) is 0. The van der Waals surface area contributed by atoms with Crippen molar-refractivity contribution in [3.05, 3.63) is 131 Å². The third kappa shape index (κ3) is 5.69. The third-order valence-corrected chi connectivity index (χ3v) is 5.26. The van der Waals surface area contributed by atoms with E-state index in [1.807, 2.05) is 42.6 Å². The zero-order valence-corrected chi connectivity index (χ0v) is 17.3. The zero-order chi connectivity index (χ0) is 21.5. The summed E-state index contributed by atoms with van der Waals surface area (Å²) >= 11 is 0. The smallest absolute Gasteiger partial charge is 0.123 e. The van der Waals surface area contributed by atoms with Gasteiger partial charge in [-0.2, -0.15) is 5.26 Å². The second kappa shape index (κ2) is 9.88. The van der Waals surface area contributed by atoms with Crippen LogP contribution >= 0.6 is 0 Å². The van der Waals surface area contributed by atoms with Crippen LogP contribution in [0.4, 0.5) is 4.39 Å². The highest BCUT2D eigenvalue weighted by Gasteiger charge is 2.12. The first-order chi connectivity index (χ1) is 15.2. The van der Waals surface area contributed by atoms with Crippen LogP contribution < -0.4 is 0 Å². The number of hydrogen-bond donors (Lipinski definition) is 0. The Morgan fingerprint density at radius 2 is 1.48 bits per heavy atom. The van der Waals surface area contributed by atoms with Crippen LogP contribution in [0.1, 0.15) is 27.9 Å². The van der Waals surface area contributed by atoms with Crippen molar-refractivity contribution in [3.63, 3.8) is 0 Å². The molecule has 0 saturated carbocycles. The fourth-order valence-electron chi connectivity index (χ4n) is 3.82. The van der Waals surface area contributed by atoms with Crippen LogP contribution in [0, 0.1) is 17.1 Å². The van der Waals surface area contributed by atoms with Crippen molar-refractivity contribution in [3.8, 4) is 6.07 Å². The number of halogens is 1. The molecule has 0 fully saturated rings. The summed E-state index contributed by atoms with van der Waals surface area (Å²) in [5.41, 5.74) is 5.12. The van der Waals surface area contributed by atoms with E-state index in [4.69, 9.17) is 0 Å². The summed E-state index contributed by atoms with van der Waals surface area (Å²) in [6.45, 7) is 2.90. The number of rotatable bonds is 8. The van der Waals surface area contributed by atoms with Crippen molar-refractivity contribution in [2.75, 3.05) is 0 Å². The predicted molar refractivity (Wildman–Crippen MR) is 120 cm³/mol. The maximum absolute atomic E-state index is 13.6. The van der Waals surface area contributed by atoms with Gasteiger partial charge < -0.3 is 4.57 Å². The van der Waals surface area contributed by atoms with Gasteiger partial charge in [0.2, 0.25) is 0 Å². The SMILES string of the molecule is N#Cc1cccc(CN(Cc2ccccc2)Cc2cccn2Cc2cccc(F)c2)c1. The van der Waals surface area contributed by atoms with Crippen LogP contribution in [0.3, 0.4) is 0 Å². The van der Waals surface area contributed by atoms with Gasteiger partial charge in [-0.3, -0.25) is 4.90 Å². The largest absolute Gasteiger partial charge is 0.346 e. The van der Waals surface area contributed by atoms with Gasteiger partial charge in [-0.1, -0.05) is 54.6 Å². The molecule has 4 rings (SSSR count). The standard InChI is InChI=1S/C27H24FN3/c28-26-12-5-11-25(16-26)20-31-14-6-13-27(31)21-30(18-22-7-2-1-3-8-22)19-24-10-4-9-23(15-24)17-29/h1-16H,18-21H2. The maximum atomic E-state index is 13.6. The lowest BCUT2D eigenvalue weighted by molar-refractivity contribution is 0.241. The topological polar surface area (TPSA) is 32.0 Å². The molecule has 1 aromatic heterocycles. The molecule has 3 aromatic carbocycles. The molecule has 0 unspecified atom stereocenters. The molecule has 0 N–H and O–H groups in total. The van der Waals surface area contributed by atoms with Crippen molar-refractivity contribution < 1.29 is 4.39 Å². The normalized spacial score (nSPS) is 10.9. The van der Waals surface area contributed by atoms with E-state index < -0.39 is 0 Å². The Morgan fingerprint density at radius 3 is 2.29 bits per heavy atom. The number of nitrogens with zero attached hydrogens (tertiary/aromatic N) is 3. The second-order valence-electron chi connectivity index (χ2n) is 7.70. The molecule has 0 atom stereocenters. The summed E-state index contributed by atoms with van der Waals surface area (Å²) in [5, 5.41) is 9.24. The first kappa shape index (κ1) is 20.6. The number of benzene rings is 3.